The van der Waals surface area contributed by atoms with E-state index in [9.17, 15) is 4.79 Å². The molecule has 142 valence electrons. The van der Waals surface area contributed by atoms with Crippen molar-refractivity contribution in [2.24, 2.45) is 4.99 Å². The lowest BCUT2D eigenvalue weighted by molar-refractivity contribution is -0.114. The van der Waals surface area contributed by atoms with Crippen LogP contribution in [0.1, 0.15) is 28.1 Å². The number of nitrogens with zero attached hydrogens (tertiary/aromatic N) is 2. The molecule has 1 aromatic heterocycles. The summed E-state index contributed by atoms with van der Waals surface area (Å²) in [6.07, 6.45) is 6.19. The third-order valence-corrected chi connectivity index (χ3v) is 4.87. The van der Waals surface area contributed by atoms with Crippen LogP contribution in [0.4, 0.5) is 5.69 Å². The van der Waals surface area contributed by atoms with E-state index in [1.807, 2.05) is 26.0 Å². The lowest BCUT2D eigenvalue weighted by Gasteiger charge is -2.10. The molecule has 3 N–H and O–H groups in total. The molecule has 1 amide bonds. The smallest absolute Gasteiger partial charge is 0.246 e. The summed E-state index contributed by atoms with van der Waals surface area (Å²) in [6.45, 7) is 7.51. The highest BCUT2D eigenvalue weighted by Gasteiger charge is 2.06. The molecule has 0 saturated heterocycles. The molecule has 6 nitrogen and oxygen atoms in total. The van der Waals surface area contributed by atoms with Crippen molar-refractivity contribution in [3.63, 3.8) is 0 Å². The molecule has 0 radical (unpaired) electrons. The first-order valence-corrected chi connectivity index (χ1v) is 9.65. The number of hydrogen-bond donors (Lipinski definition) is 3. The van der Waals surface area contributed by atoms with Gasteiger partial charge in [-0.25, -0.2) is 9.98 Å². The number of rotatable bonds is 7. The third-order valence-electron chi connectivity index (χ3n) is 3.74. The van der Waals surface area contributed by atoms with Gasteiger partial charge in [-0.05, 0) is 39.0 Å². The maximum absolute atomic E-state index is 12.1. The monoisotopic (exact) mass is 383 g/mol. The number of aryl methyl sites for hydroxylation is 2. The molecule has 2 aromatic rings. The molecule has 7 heteroatoms. The normalized spacial score (nSPS) is 11.0. The standard InChI is InChI=1S/C20H25N5OS/c1-5-16-8-7-9-17(12-16)25-18(26)13-23-20(21-6-2)22-11-10-19-24-14(3)15(4)27-19/h1,7-9,12H,6,10-11,13H2,2-4H3,(H,25,26)(H2,21,22,23). The zero-order valence-corrected chi connectivity index (χ0v) is 16.7. The summed E-state index contributed by atoms with van der Waals surface area (Å²) < 4.78 is 0. The molecule has 1 heterocycles. The number of aromatic nitrogens is 1. The van der Waals surface area contributed by atoms with Crippen molar-refractivity contribution in [2.75, 3.05) is 25.0 Å². The van der Waals surface area contributed by atoms with Gasteiger partial charge in [-0.2, -0.15) is 0 Å². The topological polar surface area (TPSA) is 78.4 Å². The number of carbonyl (C=O) groups excluding carboxylic acids is 1. The largest absolute Gasteiger partial charge is 0.357 e. The molecule has 0 atom stereocenters. The second-order valence-corrected chi connectivity index (χ2v) is 7.18. The molecule has 27 heavy (non-hydrogen) atoms. The van der Waals surface area contributed by atoms with Crippen LogP contribution in [0.15, 0.2) is 29.3 Å². The van der Waals surface area contributed by atoms with Crippen LogP contribution in [0.2, 0.25) is 0 Å². The van der Waals surface area contributed by atoms with E-state index in [1.165, 1.54) is 4.88 Å². The molecule has 0 saturated carbocycles. The molecule has 2 rings (SSSR count). The first kappa shape index (κ1) is 20.5. The average molecular weight is 384 g/mol. The maximum atomic E-state index is 12.1. The summed E-state index contributed by atoms with van der Waals surface area (Å²) in [5, 5.41) is 10.3. The van der Waals surface area contributed by atoms with Gasteiger partial charge in [-0.1, -0.05) is 12.0 Å². The predicted molar refractivity (Wildman–Crippen MR) is 112 cm³/mol. The van der Waals surface area contributed by atoms with E-state index in [1.54, 1.807) is 23.5 Å². The zero-order valence-electron chi connectivity index (χ0n) is 15.9. The number of terminal acetylenes is 1. The molecule has 1 aromatic carbocycles. The van der Waals surface area contributed by atoms with Gasteiger partial charge in [-0.3, -0.25) is 4.79 Å². The van der Waals surface area contributed by atoms with Crippen LogP contribution in [0.5, 0.6) is 0 Å². The summed E-state index contributed by atoms with van der Waals surface area (Å²) in [5.74, 6) is 2.95. The van der Waals surface area contributed by atoms with Gasteiger partial charge in [0.2, 0.25) is 5.91 Å². The van der Waals surface area contributed by atoms with E-state index in [-0.39, 0.29) is 12.5 Å². The number of guanidine groups is 1. The van der Waals surface area contributed by atoms with Gasteiger partial charge < -0.3 is 16.0 Å². The van der Waals surface area contributed by atoms with Crippen molar-refractivity contribution in [3.05, 3.63) is 45.4 Å². The highest BCUT2D eigenvalue weighted by Crippen LogP contribution is 2.16. The Labute approximate surface area is 164 Å². The van der Waals surface area contributed by atoms with Gasteiger partial charge >= 0.3 is 0 Å². The molecule has 0 bridgehead atoms. The van der Waals surface area contributed by atoms with E-state index in [4.69, 9.17) is 6.42 Å². The molecule has 0 aliphatic heterocycles. The maximum Gasteiger partial charge on any atom is 0.246 e. The Kier molecular flexibility index (Phi) is 7.83. The SMILES string of the molecule is C#Cc1cccc(NC(=O)CN=C(NCC)NCCc2nc(C)c(C)s2)c1. The van der Waals surface area contributed by atoms with Crippen molar-refractivity contribution >= 4 is 28.9 Å². The fraction of sp³-hybridized carbons (Fsp3) is 0.350. The summed E-state index contributed by atoms with van der Waals surface area (Å²) in [6, 6.07) is 7.17. The Morgan fingerprint density at radius 2 is 2.15 bits per heavy atom. The van der Waals surface area contributed by atoms with Gasteiger partial charge in [0.1, 0.15) is 6.54 Å². The van der Waals surface area contributed by atoms with Gasteiger partial charge in [0.25, 0.3) is 0 Å². The quantitative estimate of drug-likeness (QED) is 0.390. The number of nitrogens with one attached hydrogen (secondary N) is 3. The Morgan fingerprint density at radius 3 is 2.81 bits per heavy atom. The number of aliphatic imine (C=N–C) groups is 1. The molecular weight excluding hydrogens is 358 g/mol. The van der Waals surface area contributed by atoms with E-state index in [0.717, 1.165) is 22.7 Å². The number of anilines is 1. The Bertz CT molecular complexity index is 831. The number of benzene rings is 1. The molecular formula is C20H25N5OS. The third kappa shape index (κ3) is 6.76. The van der Waals surface area contributed by atoms with Crippen LogP contribution in [0.25, 0.3) is 0 Å². The molecule has 0 aliphatic carbocycles. The van der Waals surface area contributed by atoms with Crippen molar-refractivity contribution in [1.82, 2.24) is 15.6 Å². The highest BCUT2D eigenvalue weighted by atomic mass is 32.1. The van der Waals surface area contributed by atoms with Crippen LogP contribution in [0, 0.1) is 26.2 Å². The fourth-order valence-corrected chi connectivity index (χ4v) is 3.25. The molecule has 0 fully saturated rings. The molecule has 0 spiro atoms. The van der Waals surface area contributed by atoms with Crippen molar-refractivity contribution in [3.8, 4) is 12.3 Å². The predicted octanol–water partition coefficient (Wildman–Crippen LogP) is 2.48. The van der Waals surface area contributed by atoms with Gasteiger partial charge in [-0.15, -0.1) is 17.8 Å². The summed E-state index contributed by atoms with van der Waals surface area (Å²) in [5.41, 5.74) is 2.47. The average Bonchev–Trinajstić information content (AvgIpc) is 2.97. The Morgan fingerprint density at radius 1 is 1.33 bits per heavy atom. The number of amides is 1. The summed E-state index contributed by atoms with van der Waals surface area (Å²) in [4.78, 5) is 22.2. The Balaban J connectivity index is 1.85. The first-order valence-electron chi connectivity index (χ1n) is 8.83. The minimum absolute atomic E-state index is 0.0189. The van der Waals surface area contributed by atoms with Gasteiger partial charge in [0.15, 0.2) is 5.96 Å². The van der Waals surface area contributed by atoms with Crippen molar-refractivity contribution in [1.29, 1.82) is 0 Å². The van der Waals surface area contributed by atoms with Gasteiger partial charge in [0.05, 0.1) is 10.7 Å². The minimum Gasteiger partial charge on any atom is -0.357 e. The van der Waals surface area contributed by atoms with Crippen LogP contribution in [-0.2, 0) is 11.2 Å². The van der Waals surface area contributed by atoms with Crippen LogP contribution in [0.3, 0.4) is 0 Å². The minimum atomic E-state index is -0.201. The van der Waals surface area contributed by atoms with Crippen molar-refractivity contribution in [2.45, 2.75) is 27.2 Å². The highest BCUT2D eigenvalue weighted by molar-refractivity contribution is 7.11. The Hall–Kier alpha value is -2.85. The summed E-state index contributed by atoms with van der Waals surface area (Å²) >= 11 is 1.71. The second kappa shape index (κ2) is 10.3. The van der Waals surface area contributed by atoms with E-state index < -0.39 is 0 Å². The van der Waals surface area contributed by atoms with E-state index in [2.05, 4.69) is 38.8 Å². The fourth-order valence-electron chi connectivity index (χ4n) is 2.31. The van der Waals surface area contributed by atoms with Crippen molar-refractivity contribution < 1.29 is 4.79 Å². The number of thiazole rings is 1. The molecule has 0 aliphatic rings. The van der Waals surface area contributed by atoms with Crippen LogP contribution >= 0.6 is 11.3 Å². The molecule has 0 unspecified atom stereocenters. The zero-order chi connectivity index (χ0) is 19.6. The van der Waals surface area contributed by atoms with Crippen LogP contribution in [-0.4, -0.2) is 36.5 Å². The van der Waals surface area contributed by atoms with Gasteiger partial charge in [0, 0.05) is 35.6 Å². The first-order chi connectivity index (χ1) is 13.0. The lowest BCUT2D eigenvalue weighted by Crippen LogP contribution is -2.39. The summed E-state index contributed by atoms with van der Waals surface area (Å²) in [7, 11) is 0. The lowest BCUT2D eigenvalue weighted by atomic mass is 10.2. The van der Waals surface area contributed by atoms with Crippen LogP contribution < -0.4 is 16.0 Å². The number of carbonyl (C=O) groups is 1. The number of hydrogen-bond acceptors (Lipinski definition) is 4. The van der Waals surface area contributed by atoms with E-state index >= 15 is 0 Å². The second-order valence-electron chi connectivity index (χ2n) is 5.89. The van der Waals surface area contributed by atoms with E-state index in [0.29, 0.717) is 24.7 Å².